The molecule has 14 heavy (non-hydrogen) atoms. The Bertz CT molecular complexity index is 345. The van der Waals surface area contributed by atoms with Crippen molar-refractivity contribution in [3.8, 4) is 18.1 Å². The van der Waals surface area contributed by atoms with E-state index in [0.29, 0.717) is 12.5 Å². The molecule has 74 valence electrons. The zero-order valence-electron chi connectivity index (χ0n) is 9.00. The van der Waals surface area contributed by atoms with Gasteiger partial charge in [-0.1, -0.05) is 31.9 Å². The van der Waals surface area contributed by atoms with Gasteiger partial charge >= 0.3 is 0 Å². The Labute approximate surface area is 86.1 Å². The molecule has 0 aliphatic rings. The molecule has 0 heterocycles. The summed E-state index contributed by atoms with van der Waals surface area (Å²) in [7, 11) is 0. The van der Waals surface area contributed by atoms with Crippen molar-refractivity contribution in [3.05, 3.63) is 29.3 Å². The highest BCUT2D eigenvalue weighted by atomic mass is 16.5. The molecule has 0 bridgehead atoms. The highest BCUT2D eigenvalue weighted by Crippen LogP contribution is 2.27. The van der Waals surface area contributed by atoms with Gasteiger partial charge in [-0.3, -0.25) is 0 Å². The average molecular weight is 188 g/mol. The minimum absolute atomic E-state index is 0.336. The summed E-state index contributed by atoms with van der Waals surface area (Å²) in [6, 6.07) is 6.23. The molecule has 0 aliphatic heterocycles. The van der Waals surface area contributed by atoms with Gasteiger partial charge in [-0.2, -0.15) is 0 Å². The maximum Gasteiger partial charge on any atom is 0.148 e. The summed E-state index contributed by atoms with van der Waals surface area (Å²) in [4.78, 5) is 0. The molecule has 0 aliphatic carbocycles. The molecule has 0 fully saturated rings. The zero-order chi connectivity index (χ0) is 10.6. The molecule has 0 aromatic heterocycles. The smallest absolute Gasteiger partial charge is 0.148 e. The monoisotopic (exact) mass is 188 g/mol. The van der Waals surface area contributed by atoms with E-state index in [2.05, 4.69) is 31.9 Å². The van der Waals surface area contributed by atoms with Crippen molar-refractivity contribution >= 4 is 0 Å². The molecule has 0 unspecified atom stereocenters. The number of benzene rings is 1. The molecule has 1 aromatic rings. The average Bonchev–Trinajstić information content (AvgIpc) is 2.14. The topological polar surface area (TPSA) is 9.23 Å². The molecule has 1 aromatic carbocycles. The molecule has 0 saturated carbocycles. The summed E-state index contributed by atoms with van der Waals surface area (Å²) in [5.41, 5.74) is 2.41. The van der Waals surface area contributed by atoms with Gasteiger partial charge in [-0.05, 0) is 30.0 Å². The first-order valence-electron chi connectivity index (χ1n) is 4.82. The molecule has 1 heteroatoms. The van der Waals surface area contributed by atoms with E-state index in [4.69, 9.17) is 11.2 Å². The maximum atomic E-state index is 5.49. The lowest BCUT2D eigenvalue weighted by molar-refractivity contribution is 0.364. The predicted molar refractivity (Wildman–Crippen MR) is 59.6 cm³/mol. The van der Waals surface area contributed by atoms with Crippen LogP contribution in [0.2, 0.25) is 0 Å². The maximum absolute atomic E-state index is 5.49. The summed E-state index contributed by atoms with van der Waals surface area (Å²) in [6.07, 6.45) is 5.17. The Kier molecular flexibility index (Phi) is 3.59. The Balaban J connectivity index is 2.98. The number of aryl methyl sites for hydroxylation is 1. The summed E-state index contributed by atoms with van der Waals surface area (Å²) in [6.45, 7) is 6.68. The first kappa shape index (κ1) is 10.7. The Morgan fingerprint density at radius 3 is 2.71 bits per heavy atom. The molecule has 1 rings (SSSR count). The number of hydrogen-bond donors (Lipinski definition) is 0. The van der Waals surface area contributed by atoms with Gasteiger partial charge in [-0.25, -0.2) is 0 Å². The van der Waals surface area contributed by atoms with E-state index >= 15 is 0 Å². The molecule has 0 amide bonds. The summed E-state index contributed by atoms with van der Waals surface area (Å²) < 4.78 is 5.49. The molecule has 0 saturated heterocycles. The van der Waals surface area contributed by atoms with Crippen LogP contribution in [0.1, 0.15) is 30.9 Å². The van der Waals surface area contributed by atoms with Crippen LogP contribution in [0.3, 0.4) is 0 Å². The van der Waals surface area contributed by atoms with Crippen LogP contribution in [0.15, 0.2) is 18.2 Å². The quantitative estimate of drug-likeness (QED) is 0.662. The second-order valence-corrected chi connectivity index (χ2v) is 3.69. The van der Waals surface area contributed by atoms with Gasteiger partial charge in [0.25, 0.3) is 0 Å². The highest BCUT2D eigenvalue weighted by Gasteiger charge is 2.07. The van der Waals surface area contributed by atoms with E-state index in [-0.39, 0.29) is 0 Å². The van der Waals surface area contributed by atoms with Crippen LogP contribution in [-0.2, 0) is 0 Å². The fraction of sp³-hybridized carbons (Fsp3) is 0.385. The van der Waals surface area contributed by atoms with Crippen LogP contribution in [0, 0.1) is 19.3 Å². The molecule has 0 N–H and O–H groups in total. The van der Waals surface area contributed by atoms with Gasteiger partial charge < -0.3 is 4.74 Å². The summed E-state index contributed by atoms with van der Waals surface area (Å²) in [5.74, 6) is 3.86. The van der Waals surface area contributed by atoms with Crippen LogP contribution in [0.4, 0.5) is 0 Å². The molecule has 1 nitrogen and oxygen atoms in total. The second-order valence-electron chi connectivity index (χ2n) is 3.69. The number of terminal acetylenes is 1. The van der Waals surface area contributed by atoms with Crippen molar-refractivity contribution in [3.63, 3.8) is 0 Å². The van der Waals surface area contributed by atoms with Gasteiger partial charge in [0, 0.05) is 0 Å². The van der Waals surface area contributed by atoms with Crippen LogP contribution >= 0.6 is 0 Å². The van der Waals surface area contributed by atoms with Crippen LogP contribution < -0.4 is 4.74 Å². The zero-order valence-corrected chi connectivity index (χ0v) is 9.00. The molecular weight excluding hydrogens is 172 g/mol. The summed E-state index contributed by atoms with van der Waals surface area (Å²) >= 11 is 0. The molecule has 0 radical (unpaired) electrons. The first-order valence-corrected chi connectivity index (χ1v) is 4.82. The van der Waals surface area contributed by atoms with E-state index < -0.39 is 0 Å². The fourth-order valence-electron chi connectivity index (χ4n) is 1.36. The Hall–Kier alpha value is -1.42. The predicted octanol–water partition coefficient (Wildman–Crippen LogP) is 3.13. The number of hydrogen-bond acceptors (Lipinski definition) is 1. The lowest BCUT2D eigenvalue weighted by atomic mass is 10.0. The van der Waals surface area contributed by atoms with Gasteiger partial charge in [0.2, 0.25) is 0 Å². The molecular formula is C13H16O. The Morgan fingerprint density at radius 2 is 2.14 bits per heavy atom. The van der Waals surface area contributed by atoms with E-state index in [9.17, 15) is 0 Å². The minimum atomic E-state index is 0.336. The van der Waals surface area contributed by atoms with Gasteiger partial charge in [0.1, 0.15) is 12.4 Å². The van der Waals surface area contributed by atoms with Crippen molar-refractivity contribution < 1.29 is 4.74 Å². The highest BCUT2D eigenvalue weighted by molar-refractivity contribution is 5.39. The lowest BCUT2D eigenvalue weighted by Gasteiger charge is -2.13. The third-order valence-electron chi connectivity index (χ3n) is 2.10. The largest absolute Gasteiger partial charge is 0.481 e. The van der Waals surface area contributed by atoms with Gasteiger partial charge in [0.15, 0.2) is 0 Å². The van der Waals surface area contributed by atoms with E-state index in [1.165, 1.54) is 11.1 Å². The molecule has 0 spiro atoms. The second kappa shape index (κ2) is 4.72. The standard InChI is InChI=1S/C13H16O/c1-5-8-14-13-9-11(4)6-7-12(13)10(2)3/h1,6-7,9-10H,8H2,2-4H3. The normalized spacial score (nSPS) is 9.93. The van der Waals surface area contributed by atoms with Gasteiger partial charge in [-0.15, -0.1) is 6.42 Å². The van der Waals surface area contributed by atoms with Crippen LogP contribution in [0.5, 0.6) is 5.75 Å². The lowest BCUT2D eigenvalue weighted by Crippen LogP contribution is -1.99. The SMILES string of the molecule is C#CCOc1cc(C)ccc1C(C)C. The third kappa shape index (κ3) is 2.53. The summed E-state index contributed by atoms with van der Waals surface area (Å²) in [5, 5.41) is 0. The first-order chi connectivity index (χ1) is 6.65. The van der Waals surface area contributed by atoms with Crippen LogP contribution in [0.25, 0.3) is 0 Å². The van der Waals surface area contributed by atoms with E-state index in [0.717, 1.165) is 5.75 Å². The fourth-order valence-corrected chi connectivity index (χ4v) is 1.36. The van der Waals surface area contributed by atoms with Crippen molar-refractivity contribution in [1.29, 1.82) is 0 Å². The van der Waals surface area contributed by atoms with E-state index in [1.54, 1.807) is 0 Å². The minimum Gasteiger partial charge on any atom is -0.481 e. The number of rotatable bonds is 3. The van der Waals surface area contributed by atoms with Crippen LogP contribution in [-0.4, -0.2) is 6.61 Å². The number of ether oxygens (including phenoxy) is 1. The van der Waals surface area contributed by atoms with Crippen molar-refractivity contribution in [2.75, 3.05) is 6.61 Å². The van der Waals surface area contributed by atoms with Crippen molar-refractivity contribution in [2.24, 2.45) is 0 Å². The van der Waals surface area contributed by atoms with Crippen molar-refractivity contribution in [1.82, 2.24) is 0 Å². The van der Waals surface area contributed by atoms with E-state index in [1.807, 2.05) is 13.0 Å². The molecule has 0 atom stereocenters. The van der Waals surface area contributed by atoms with Gasteiger partial charge in [0.05, 0.1) is 0 Å². The third-order valence-corrected chi connectivity index (χ3v) is 2.10. The Morgan fingerprint density at radius 1 is 1.43 bits per heavy atom. The van der Waals surface area contributed by atoms with Crippen molar-refractivity contribution in [2.45, 2.75) is 26.7 Å².